The van der Waals surface area contributed by atoms with Crippen molar-refractivity contribution in [3.63, 3.8) is 0 Å². The Labute approximate surface area is 136 Å². The van der Waals surface area contributed by atoms with E-state index in [1.807, 2.05) is 12.3 Å². The molecule has 0 aromatic carbocycles. The lowest BCUT2D eigenvalue weighted by Crippen LogP contribution is -2.50. The summed E-state index contributed by atoms with van der Waals surface area (Å²) < 4.78 is 29.2. The van der Waals surface area contributed by atoms with Gasteiger partial charge in [-0.05, 0) is 26.2 Å². The molecule has 0 N–H and O–H groups in total. The minimum Gasteiger partial charge on any atom is -0.347 e. The molecule has 1 aromatic heterocycles. The highest BCUT2D eigenvalue weighted by Crippen LogP contribution is 2.24. The minimum absolute atomic E-state index is 0.122. The predicted octanol–water partition coefficient (Wildman–Crippen LogP) is 1.77. The van der Waals surface area contributed by atoms with Gasteiger partial charge in [0.1, 0.15) is 0 Å². The molecule has 0 saturated carbocycles. The van der Waals surface area contributed by atoms with Crippen LogP contribution in [0.3, 0.4) is 0 Å². The predicted molar refractivity (Wildman–Crippen MR) is 89.5 cm³/mol. The summed E-state index contributed by atoms with van der Waals surface area (Å²) >= 11 is 1.61. The first kappa shape index (κ1) is 16.2. The average molecular weight is 345 g/mol. The summed E-state index contributed by atoms with van der Waals surface area (Å²) in [4.78, 5) is 6.53. The average Bonchev–Trinajstić information content (AvgIpc) is 2.91. The van der Waals surface area contributed by atoms with Gasteiger partial charge in [-0.3, -0.25) is 0 Å². The minimum atomic E-state index is -3.33. The van der Waals surface area contributed by atoms with Crippen molar-refractivity contribution in [2.75, 3.05) is 37.6 Å². The summed E-state index contributed by atoms with van der Waals surface area (Å²) in [5.74, 6) is 0. The molecule has 22 heavy (non-hydrogen) atoms. The number of thiazole rings is 1. The molecule has 124 valence electrons. The summed E-state index contributed by atoms with van der Waals surface area (Å²) in [7, 11) is -3.33. The Morgan fingerprint density at radius 3 is 2.73 bits per heavy atom. The lowest BCUT2D eigenvalue weighted by molar-refractivity contribution is 0.246. The van der Waals surface area contributed by atoms with Crippen LogP contribution < -0.4 is 4.90 Å². The van der Waals surface area contributed by atoms with Crippen molar-refractivity contribution in [2.24, 2.45) is 0 Å². The zero-order valence-corrected chi connectivity index (χ0v) is 14.7. The van der Waals surface area contributed by atoms with Crippen molar-refractivity contribution in [1.82, 2.24) is 13.6 Å². The van der Waals surface area contributed by atoms with Crippen LogP contribution in [0.15, 0.2) is 11.6 Å². The van der Waals surface area contributed by atoms with E-state index >= 15 is 0 Å². The number of nitrogens with zero attached hydrogens (tertiary/aromatic N) is 4. The molecule has 1 unspecified atom stereocenters. The molecular weight excluding hydrogens is 320 g/mol. The highest BCUT2D eigenvalue weighted by Gasteiger charge is 2.35. The van der Waals surface area contributed by atoms with Gasteiger partial charge in [0.15, 0.2) is 5.13 Å². The van der Waals surface area contributed by atoms with Crippen LogP contribution in [0.2, 0.25) is 0 Å². The smallest absolute Gasteiger partial charge is 0.282 e. The van der Waals surface area contributed by atoms with Crippen molar-refractivity contribution in [3.05, 3.63) is 11.6 Å². The van der Waals surface area contributed by atoms with Crippen molar-refractivity contribution in [1.29, 1.82) is 0 Å². The van der Waals surface area contributed by atoms with E-state index in [9.17, 15) is 8.42 Å². The van der Waals surface area contributed by atoms with Gasteiger partial charge in [0.25, 0.3) is 10.2 Å². The summed E-state index contributed by atoms with van der Waals surface area (Å²) in [6.07, 6.45) is 5.72. The Morgan fingerprint density at radius 2 is 2.00 bits per heavy atom. The maximum Gasteiger partial charge on any atom is 0.282 e. The SMILES string of the molecule is CC1CCCCN1S(=O)(=O)N1CCCN(c2nccs2)CC1. The first-order valence-electron chi connectivity index (χ1n) is 8.00. The van der Waals surface area contributed by atoms with Gasteiger partial charge in [0.05, 0.1) is 0 Å². The van der Waals surface area contributed by atoms with Crippen LogP contribution in [0.25, 0.3) is 0 Å². The van der Waals surface area contributed by atoms with Crippen LogP contribution in [0, 0.1) is 0 Å². The van der Waals surface area contributed by atoms with Gasteiger partial charge in [0.2, 0.25) is 0 Å². The lowest BCUT2D eigenvalue weighted by atomic mass is 10.1. The molecule has 2 saturated heterocycles. The van der Waals surface area contributed by atoms with Crippen molar-refractivity contribution < 1.29 is 8.42 Å². The highest BCUT2D eigenvalue weighted by molar-refractivity contribution is 7.86. The highest BCUT2D eigenvalue weighted by atomic mass is 32.2. The molecular formula is C14H24N4O2S2. The first-order valence-corrected chi connectivity index (χ1v) is 10.3. The third-order valence-corrected chi connectivity index (χ3v) is 7.49. The summed E-state index contributed by atoms with van der Waals surface area (Å²) in [5.41, 5.74) is 0. The van der Waals surface area contributed by atoms with Gasteiger partial charge in [-0.1, -0.05) is 6.42 Å². The number of anilines is 1. The molecule has 2 aliphatic rings. The fourth-order valence-electron chi connectivity index (χ4n) is 3.25. The Morgan fingerprint density at radius 1 is 1.14 bits per heavy atom. The van der Waals surface area contributed by atoms with Crippen LogP contribution in [-0.2, 0) is 10.2 Å². The standard InChI is InChI=1S/C14H24N4O2S2/c1-13-5-2-3-9-18(13)22(19,20)17-8-4-7-16(10-11-17)14-15-6-12-21-14/h6,12-13H,2-5,7-11H2,1H3. The van der Waals surface area contributed by atoms with Crippen molar-refractivity contribution in [3.8, 4) is 0 Å². The lowest BCUT2D eigenvalue weighted by Gasteiger charge is -2.36. The van der Waals surface area contributed by atoms with Crippen LogP contribution in [0.1, 0.15) is 32.6 Å². The van der Waals surface area contributed by atoms with Crippen LogP contribution >= 0.6 is 11.3 Å². The molecule has 1 aromatic rings. The maximum absolute atomic E-state index is 12.9. The van der Waals surface area contributed by atoms with Crippen LogP contribution in [0.5, 0.6) is 0 Å². The molecule has 6 nitrogen and oxygen atoms in total. The van der Waals surface area contributed by atoms with Gasteiger partial charge in [0, 0.05) is 50.3 Å². The second kappa shape index (κ2) is 6.82. The fourth-order valence-corrected chi connectivity index (χ4v) is 5.84. The van der Waals surface area contributed by atoms with E-state index in [1.165, 1.54) is 0 Å². The molecule has 8 heteroatoms. The normalized spacial score (nSPS) is 26.0. The van der Waals surface area contributed by atoms with E-state index in [2.05, 4.69) is 9.88 Å². The first-order chi connectivity index (χ1) is 10.6. The number of hydrogen-bond donors (Lipinski definition) is 0. The van der Waals surface area contributed by atoms with Crippen molar-refractivity contribution in [2.45, 2.75) is 38.6 Å². The Balaban J connectivity index is 1.69. The monoisotopic (exact) mass is 344 g/mol. The van der Waals surface area contributed by atoms with E-state index in [1.54, 1.807) is 26.1 Å². The molecule has 0 amide bonds. The zero-order chi connectivity index (χ0) is 15.6. The second-order valence-electron chi connectivity index (χ2n) is 6.02. The molecule has 1 atom stereocenters. The number of hydrogen-bond acceptors (Lipinski definition) is 5. The maximum atomic E-state index is 12.9. The third-order valence-electron chi connectivity index (χ3n) is 4.51. The molecule has 3 heterocycles. The Hall–Kier alpha value is -0.700. The molecule has 0 radical (unpaired) electrons. The molecule has 0 aliphatic carbocycles. The second-order valence-corrected chi connectivity index (χ2v) is 8.77. The Kier molecular flexibility index (Phi) is 5.01. The largest absolute Gasteiger partial charge is 0.347 e. The van der Waals surface area contributed by atoms with Crippen LogP contribution in [-0.4, -0.2) is 60.8 Å². The molecule has 0 bridgehead atoms. The third kappa shape index (κ3) is 3.29. The van der Waals surface area contributed by atoms with Crippen molar-refractivity contribution >= 4 is 26.7 Å². The van der Waals surface area contributed by atoms with Gasteiger partial charge >= 0.3 is 0 Å². The van der Waals surface area contributed by atoms with E-state index < -0.39 is 10.2 Å². The molecule has 2 fully saturated rings. The zero-order valence-electron chi connectivity index (χ0n) is 13.0. The quantitative estimate of drug-likeness (QED) is 0.839. The summed E-state index contributed by atoms with van der Waals surface area (Å²) in [5, 5.41) is 2.95. The molecule has 3 rings (SSSR count). The van der Waals surface area contributed by atoms with E-state index in [4.69, 9.17) is 0 Å². The van der Waals surface area contributed by atoms with Crippen LogP contribution in [0.4, 0.5) is 5.13 Å². The topological polar surface area (TPSA) is 56.8 Å². The van der Waals surface area contributed by atoms with Gasteiger partial charge in [-0.15, -0.1) is 11.3 Å². The van der Waals surface area contributed by atoms with E-state index in [0.29, 0.717) is 19.6 Å². The van der Waals surface area contributed by atoms with E-state index in [-0.39, 0.29) is 6.04 Å². The number of rotatable bonds is 3. The fraction of sp³-hybridized carbons (Fsp3) is 0.786. The van der Waals surface area contributed by atoms with E-state index in [0.717, 1.165) is 43.9 Å². The molecule has 0 spiro atoms. The number of piperidine rings is 1. The number of aromatic nitrogens is 1. The van der Waals surface area contributed by atoms with Gasteiger partial charge in [-0.25, -0.2) is 4.98 Å². The summed E-state index contributed by atoms with van der Waals surface area (Å²) in [6, 6.07) is 0.122. The summed E-state index contributed by atoms with van der Waals surface area (Å²) in [6.45, 7) is 5.43. The van der Waals surface area contributed by atoms with Gasteiger partial charge < -0.3 is 4.90 Å². The Bertz CT molecular complexity index is 576. The molecule has 2 aliphatic heterocycles. The van der Waals surface area contributed by atoms with Gasteiger partial charge in [-0.2, -0.15) is 17.0 Å².